The molecule has 3 aromatic rings. The monoisotopic (exact) mass is 539 g/mol. The van der Waals surface area contributed by atoms with Crippen molar-refractivity contribution in [1.29, 1.82) is 0 Å². The number of halogens is 2. The molecule has 3 fully saturated rings. The number of hydrogen-bond donors (Lipinski definition) is 2. The third-order valence-electron chi connectivity index (χ3n) is 7.61. The number of cyclic esters (lactones) is 1. The van der Waals surface area contributed by atoms with Crippen LogP contribution in [0.1, 0.15) is 29.2 Å². The first-order valence-electron chi connectivity index (χ1n) is 12.8. The van der Waals surface area contributed by atoms with Crippen molar-refractivity contribution >= 4 is 40.0 Å². The molecular weight excluding hydrogens is 512 g/mol. The number of piperazine rings is 1. The fourth-order valence-electron chi connectivity index (χ4n) is 5.37. The number of benzene rings is 2. The van der Waals surface area contributed by atoms with Crippen molar-refractivity contribution < 1.29 is 28.2 Å². The SMILES string of the molecule is NC[C@H]1CN(c2ccc(N3CCN(c4cc5c(cc4F)c(=O)c(C(=O)O)cn5C4CC4)CC3)c(F)c2)C(=O)O1. The van der Waals surface area contributed by atoms with Crippen LogP contribution in [0, 0.1) is 11.6 Å². The number of rotatable bonds is 6. The predicted octanol–water partition coefficient (Wildman–Crippen LogP) is 2.92. The average molecular weight is 540 g/mol. The van der Waals surface area contributed by atoms with E-state index in [0.29, 0.717) is 48.8 Å². The quantitative estimate of drug-likeness (QED) is 0.491. The average Bonchev–Trinajstić information content (AvgIpc) is 3.69. The van der Waals surface area contributed by atoms with Crippen LogP contribution < -0.4 is 25.9 Å². The van der Waals surface area contributed by atoms with Crippen molar-refractivity contribution in [3.8, 4) is 0 Å². The van der Waals surface area contributed by atoms with Crippen LogP contribution in [-0.4, -0.2) is 67.1 Å². The number of nitrogens with zero attached hydrogens (tertiary/aromatic N) is 4. The van der Waals surface area contributed by atoms with Crippen LogP contribution in [0.2, 0.25) is 0 Å². The van der Waals surface area contributed by atoms with E-state index in [2.05, 4.69) is 0 Å². The molecule has 1 saturated carbocycles. The van der Waals surface area contributed by atoms with E-state index in [4.69, 9.17) is 10.5 Å². The van der Waals surface area contributed by atoms with Gasteiger partial charge in [0.2, 0.25) is 5.43 Å². The number of ether oxygens (including phenoxy) is 1. The topological polar surface area (TPSA) is 121 Å². The van der Waals surface area contributed by atoms with Gasteiger partial charge in [-0.1, -0.05) is 0 Å². The molecular formula is C27H27F2N5O5. The van der Waals surface area contributed by atoms with Crippen LogP contribution in [0.5, 0.6) is 0 Å². The molecule has 0 spiro atoms. The molecule has 204 valence electrons. The number of carboxylic acids is 1. The summed E-state index contributed by atoms with van der Waals surface area (Å²) < 4.78 is 37.3. The van der Waals surface area contributed by atoms with Gasteiger partial charge in [0.25, 0.3) is 0 Å². The number of nitrogens with two attached hydrogens (primary N) is 1. The molecule has 6 rings (SSSR count). The summed E-state index contributed by atoms with van der Waals surface area (Å²) in [6.45, 7) is 2.09. The van der Waals surface area contributed by atoms with Gasteiger partial charge in [-0.2, -0.15) is 0 Å². The van der Waals surface area contributed by atoms with Gasteiger partial charge in [-0.15, -0.1) is 0 Å². The second kappa shape index (κ2) is 9.53. The molecule has 12 heteroatoms. The van der Waals surface area contributed by atoms with Crippen LogP contribution >= 0.6 is 0 Å². The highest BCUT2D eigenvalue weighted by Gasteiger charge is 2.32. The van der Waals surface area contributed by atoms with Crippen molar-refractivity contribution in [2.45, 2.75) is 25.0 Å². The molecule has 3 aliphatic rings. The lowest BCUT2D eigenvalue weighted by Gasteiger charge is -2.37. The Morgan fingerprint density at radius 2 is 1.67 bits per heavy atom. The van der Waals surface area contributed by atoms with Crippen molar-refractivity contribution in [3.63, 3.8) is 0 Å². The molecule has 3 N–H and O–H groups in total. The number of aromatic carboxylic acids is 1. The van der Waals surface area contributed by atoms with E-state index >= 15 is 8.78 Å². The molecule has 1 aromatic heterocycles. The fraction of sp³-hybridized carbons (Fsp3) is 0.370. The number of carboxylic acid groups (broad SMARTS) is 1. The van der Waals surface area contributed by atoms with Crippen molar-refractivity contribution in [2.24, 2.45) is 5.73 Å². The number of hydrogen-bond acceptors (Lipinski definition) is 7. The zero-order chi connectivity index (χ0) is 27.4. The molecule has 1 atom stereocenters. The highest BCUT2D eigenvalue weighted by Crippen LogP contribution is 2.38. The van der Waals surface area contributed by atoms with E-state index in [9.17, 15) is 19.5 Å². The molecule has 3 heterocycles. The highest BCUT2D eigenvalue weighted by molar-refractivity contribution is 5.94. The minimum absolute atomic E-state index is 0.0449. The Morgan fingerprint density at radius 3 is 2.26 bits per heavy atom. The van der Waals surface area contributed by atoms with Gasteiger partial charge in [-0.25, -0.2) is 18.4 Å². The molecule has 0 bridgehead atoms. The van der Waals surface area contributed by atoms with Crippen LogP contribution in [0.4, 0.5) is 30.6 Å². The van der Waals surface area contributed by atoms with Crippen molar-refractivity contribution in [3.05, 3.63) is 63.9 Å². The second-order valence-electron chi connectivity index (χ2n) is 10.1. The molecule has 10 nitrogen and oxygen atoms in total. The summed E-state index contributed by atoms with van der Waals surface area (Å²) in [4.78, 5) is 41.5. The molecule has 2 aromatic carbocycles. The maximum atomic E-state index is 15.3. The molecule has 39 heavy (non-hydrogen) atoms. The fourth-order valence-corrected chi connectivity index (χ4v) is 5.37. The number of carbonyl (C=O) groups is 2. The van der Waals surface area contributed by atoms with Gasteiger partial charge >= 0.3 is 12.1 Å². The van der Waals surface area contributed by atoms with Gasteiger partial charge in [0.1, 0.15) is 23.3 Å². The smallest absolute Gasteiger partial charge is 0.414 e. The van der Waals surface area contributed by atoms with Crippen LogP contribution in [0.15, 0.2) is 41.3 Å². The summed E-state index contributed by atoms with van der Waals surface area (Å²) in [5.74, 6) is -2.43. The van der Waals surface area contributed by atoms with Gasteiger partial charge in [0.05, 0.1) is 29.1 Å². The summed E-state index contributed by atoms with van der Waals surface area (Å²) in [7, 11) is 0. The lowest BCUT2D eigenvalue weighted by Crippen LogP contribution is -2.47. The lowest BCUT2D eigenvalue weighted by molar-refractivity contribution is 0.0694. The Hall–Kier alpha value is -4.19. The third-order valence-corrected chi connectivity index (χ3v) is 7.61. The van der Waals surface area contributed by atoms with Crippen LogP contribution in [0.3, 0.4) is 0 Å². The first-order valence-corrected chi connectivity index (χ1v) is 12.8. The summed E-state index contributed by atoms with van der Waals surface area (Å²) in [5.41, 5.74) is 6.09. The van der Waals surface area contributed by atoms with Crippen LogP contribution in [0.25, 0.3) is 10.9 Å². The Labute approximate surface area is 221 Å². The van der Waals surface area contributed by atoms with E-state index in [-0.39, 0.29) is 30.1 Å². The normalized spacial score (nSPS) is 19.6. The van der Waals surface area contributed by atoms with E-state index in [1.54, 1.807) is 22.8 Å². The van der Waals surface area contributed by atoms with Gasteiger partial charge in [-0.05, 0) is 43.2 Å². The molecule has 1 aliphatic carbocycles. The van der Waals surface area contributed by atoms with Crippen molar-refractivity contribution in [1.82, 2.24) is 4.57 Å². The van der Waals surface area contributed by atoms with E-state index in [1.165, 1.54) is 17.2 Å². The van der Waals surface area contributed by atoms with E-state index in [1.807, 2.05) is 9.80 Å². The minimum Gasteiger partial charge on any atom is -0.477 e. The Morgan fingerprint density at radius 1 is 1.00 bits per heavy atom. The van der Waals surface area contributed by atoms with Crippen LogP contribution in [-0.2, 0) is 4.74 Å². The zero-order valence-electron chi connectivity index (χ0n) is 21.0. The number of anilines is 3. The molecule has 0 unspecified atom stereocenters. The minimum atomic E-state index is -1.34. The Bertz CT molecular complexity index is 1550. The summed E-state index contributed by atoms with van der Waals surface area (Å²) in [5, 5.41) is 9.49. The predicted molar refractivity (Wildman–Crippen MR) is 141 cm³/mol. The number of aromatic nitrogens is 1. The highest BCUT2D eigenvalue weighted by atomic mass is 19.1. The van der Waals surface area contributed by atoms with Gasteiger partial charge < -0.3 is 29.9 Å². The maximum absolute atomic E-state index is 15.3. The number of carbonyl (C=O) groups excluding carboxylic acids is 1. The molecule has 2 saturated heterocycles. The van der Waals surface area contributed by atoms with Crippen molar-refractivity contribution in [2.75, 3.05) is 54.0 Å². The first-order chi connectivity index (χ1) is 18.7. The standard InChI is InChI=1S/C27H27F2N5O5/c28-20-9-16(34-13-17(12-30)39-27(34)38)3-4-22(20)31-5-7-32(8-6-31)24-11-23-18(10-21(24)29)25(35)19(26(36)37)14-33(23)15-1-2-15/h3-4,9-11,14-15,17H,1-2,5-8,12-13,30H2,(H,36,37)/t17-/m0/s1. The first kappa shape index (κ1) is 25.1. The van der Waals surface area contributed by atoms with E-state index < -0.39 is 35.2 Å². The Kier molecular flexibility index (Phi) is 6.13. The zero-order valence-corrected chi connectivity index (χ0v) is 21.0. The number of amides is 1. The molecule has 2 aliphatic heterocycles. The summed E-state index contributed by atoms with van der Waals surface area (Å²) >= 11 is 0. The third kappa shape index (κ3) is 4.44. The lowest BCUT2D eigenvalue weighted by atomic mass is 10.1. The largest absolute Gasteiger partial charge is 0.477 e. The Balaban J connectivity index is 1.22. The van der Waals surface area contributed by atoms with Gasteiger partial charge in [0, 0.05) is 50.3 Å². The van der Waals surface area contributed by atoms with Gasteiger partial charge in [-0.3, -0.25) is 9.69 Å². The maximum Gasteiger partial charge on any atom is 0.414 e. The van der Waals surface area contributed by atoms with E-state index in [0.717, 1.165) is 18.9 Å². The molecule has 0 radical (unpaired) electrons. The summed E-state index contributed by atoms with van der Waals surface area (Å²) in [6.07, 6.45) is 2.09. The second-order valence-corrected chi connectivity index (χ2v) is 10.1. The van der Waals surface area contributed by atoms with Gasteiger partial charge in [0.15, 0.2) is 0 Å². The molecule has 1 amide bonds. The summed E-state index contributed by atoms with van der Waals surface area (Å²) in [6, 6.07) is 7.40. The number of pyridine rings is 1. The number of fused-ring (bicyclic) bond motifs is 1.